The van der Waals surface area contributed by atoms with Crippen LogP contribution in [0.1, 0.15) is 39.5 Å². The zero-order chi connectivity index (χ0) is 9.69. The van der Waals surface area contributed by atoms with E-state index in [4.69, 9.17) is 0 Å². The Balaban J connectivity index is 0. The smallest absolute Gasteiger partial charge is 3.00 e. The van der Waals surface area contributed by atoms with Gasteiger partial charge in [-0.05, 0) is 0 Å². The van der Waals surface area contributed by atoms with E-state index in [1.54, 1.807) is 0 Å². The third kappa shape index (κ3) is 9.28. The fourth-order valence-corrected chi connectivity index (χ4v) is 3.12. The van der Waals surface area contributed by atoms with Gasteiger partial charge in [-0.15, -0.1) is 0 Å². The van der Waals surface area contributed by atoms with Crippen molar-refractivity contribution in [1.29, 1.82) is 0 Å². The second-order valence-electron chi connectivity index (χ2n) is 3.38. The van der Waals surface area contributed by atoms with Crippen molar-refractivity contribution in [2.45, 2.75) is 39.5 Å². The van der Waals surface area contributed by atoms with Gasteiger partial charge in [-0.25, -0.2) is 0 Å². The average Bonchev–Trinajstić information content (AvgIpc) is 1.97. The number of rotatable bonds is 6. The number of hydrogen-bond acceptors (Lipinski definition) is 3. The van der Waals surface area contributed by atoms with Crippen molar-refractivity contribution in [3.8, 4) is 0 Å². The van der Waals surface area contributed by atoms with Crippen molar-refractivity contribution in [2.24, 2.45) is 0 Å². The zero-order valence-corrected chi connectivity index (χ0v) is 10.7. The molecule has 3 nitrogen and oxygen atoms in total. The minimum absolute atomic E-state index is 0. The van der Waals surface area contributed by atoms with Gasteiger partial charge in [-0.3, -0.25) is 0 Å². The van der Waals surface area contributed by atoms with Gasteiger partial charge < -0.3 is 0 Å². The predicted molar refractivity (Wildman–Crippen MR) is 46.5 cm³/mol. The Bertz CT molecular complexity index is 121. The van der Waals surface area contributed by atoms with Crippen molar-refractivity contribution in [2.75, 3.05) is 12.3 Å². The Labute approximate surface area is 94.4 Å². The molecule has 0 heterocycles. The van der Waals surface area contributed by atoms with Gasteiger partial charge in [0.05, 0.1) is 0 Å². The van der Waals surface area contributed by atoms with Crippen molar-refractivity contribution < 1.29 is 35.1 Å². The first kappa shape index (κ1) is 16.4. The number of hydrogen-bond donors (Lipinski definition) is 0. The molecule has 83 valence electrons. The molecule has 1 radical (unpaired) electrons. The maximum absolute atomic E-state index is 11.2. The third-order valence-corrected chi connectivity index (χ3v) is 4.25. The molecular weight excluding hydrogens is 281 g/mol. The van der Waals surface area contributed by atoms with Gasteiger partial charge in [0.2, 0.25) is 0 Å². The van der Waals surface area contributed by atoms with Crippen LogP contribution in [-0.4, -0.2) is 12.3 Å². The molecule has 0 aliphatic rings. The average molecular weight is 300 g/mol. The molecule has 5 heteroatoms. The Hall–Kier alpha value is 0.972. The van der Waals surface area contributed by atoms with Crippen molar-refractivity contribution >= 4 is 7.28 Å². The van der Waals surface area contributed by atoms with Crippen LogP contribution < -0.4 is 14.7 Å². The van der Waals surface area contributed by atoms with Crippen LogP contribution in [-0.2, 0) is 20.4 Å². The van der Waals surface area contributed by atoms with E-state index in [0.717, 1.165) is 12.8 Å². The van der Waals surface area contributed by atoms with Crippen LogP contribution in [0, 0.1) is 0 Å². The minimum Gasteiger partial charge on any atom is 3.00 e. The summed E-state index contributed by atoms with van der Waals surface area (Å²) in [6, 6.07) is 0. The van der Waals surface area contributed by atoms with Crippen molar-refractivity contribution in [3.63, 3.8) is 0 Å². The number of unbranched alkanes of at least 4 members (excludes halogenated alkanes) is 2. The Kier molecular flexibility index (Phi) is 8.15. The molecule has 0 bridgehead atoms. The molecule has 0 unspecified atom stereocenters. The summed E-state index contributed by atoms with van der Waals surface area (Å²) in [6.07, 6.45) is 2.19. The van der Waals surface area contributed by atoms with E-state index in [1.807, 2.05) is 13.8 Å². The molecule has 0 fully saturated rings. The van der Waals surface area contributed by atoms with Crippen LogP contribution in [0.15, 0.2) is 0 Å². The minimum atomic E-state index is -4.96. The van der Waals surface area contributed by atoms with Crippen LogP contribution in [0.3, 0.4) is 0 Å². The van der Waals surface area contributed by atoms with Crippen LogP contribution in [0.5, 0.6) is 0 Å². The van der Waals surface area contributed by atoms with Crippen molar-refractivity contribution in [1.82, 2.24) is 0 Å². The maximum Gasteiger partial charge on any atom is 3.00 e. The maximum atomic E-state index is 11.2. The monoisotopic (exact) mass is 299 g/mol. The van der Waals surface area contributed by atoms with E-state index in [9.17, 15) is 14.7 Å². The normalized spacial score (nSPS) is 14.4. The third-order valence-electron chi connectivity index (χ3n) is 1.89. The van der Waals surface area contributed by atoms with Crippen LogP contribution >= 0.6 is 7.28 Å². The van der Waals surface area contributed by atoms with E-state index in [-0.39, 0.29) is 32.7 Å². The molecule has 0 rings (SSSR count). The van der Waals surface area contributed by atoms with E-state index >= 15 is 0 Å². The molecular formula is C8H18O3PPd. The summed E-state index contributed by atoms with van der Waals surface area (Å²) in [5, 5.41) is 0. The van der Waals surface area contributed by atoms with Crippen LogP contribution in [0.4, 0.5) is 0 Å². The molecule has 0 saturated carbocycles. The van der Waals surface area contributed by atoms with Crippen molar-refractivity contribution in [3.05, 3.63) is 0 Å². The zero-order valence-electron chi connectivity index (χ0n) is 8.23. The summed E-state index contributed by atoms with van der Waals surface area (Å²) < 4.78 is 0. The molecule has 0 aliphatic carbocycles. The first-order chi connectivity index (χ1) is 5.39. The van der Waals surface area contributed by atoms with E-state index in [1.165, 1.54) is 0 Å². The molecule has 0 aromatic rings. The Morgan fingerprint density at radius 2 is 1.15 bits per heavy atom. The molecule has 0 spiro atoms. The summed E-state index contributed by atoms with van der Waals surface area (Å²) in [6.45, 7) is 3.76. The summed E-state index contributed by atoms with van der Waals surface area (Å²) in [5.74, 6) is 0. The molecule has 0 amide bonds. The first-order valence-electron chi connectivity index (χ1n) is 4.59. The quantitative estimate of drug-likeness (QED) is 0.510. The van der Waals surface area contributed by atoms with Gasteiger partial charge in [0.1, 0.15) is 0 Å². The fraction of sp³-hybridized carbons (Fsp3) is 1.00. The van der Waals surface area contributed by atoms with E-state index in [2.05, 4.69) is 0 Å². The summed E-state index contributed by atoms with van der Waals surface area (Å²) >= 11 is 0. The summed E-state index contributed by atoms with van der Waals surface area (Å²) in [7, 11) is -4.96. The van der Waals surface area contributed by atoms with Gasteiger partial charge in [-0.1, -0.05) is 0 Å². The van der Waals surface area contributed by atoms with Gasteiger partial charge in [0.15, 0.2) is 0 Å². The Morgan fingerprint density at radius 1 is 0.846 bits per heavy atom. The molecule has 0 saturated heterocycles. The Morgan fingerprint density at radius 3 is 1.38 bits per heavy atom. The van der Waals surface area contributed by atoms with Crippen LogP contribution in [0.25, 0.3) is 0 Å². The predicted octanol–water partition coefficient (Wildman–Crippen LogP) is -0.0367. The standard InChI is InChI=1S/C8H18O3P.Pd/c1-3-5-7-12(9,10,11)8-6-4-2;/h3-8H2,1-2H3;/q-3;+3. The van der Waals surface area contributed by atoms with Crippen LogP contribution in [0.2, 0.25) is 0 Å². The second kappa shape index (κ2) is 6.45. The topological polar surface area (TPSA) is 69.2 Å². The summed E-state index contributed by atoms with van der Waals surface area (Å²) in [4.78, 5) is 33.6. The van der Waals surface area contributed by atoms with Gasteiger partial charge in [0, 0.05) is 0 Å². The first-order valence-corrected chi connectivity index (χ1v) is 6.95. The molecule has 0 aromatic heterocycles. The molecule has 0 N–H and O–H groups in total. The summed E-state index contributed by atoms with van der Waals surface area (Å²) in [5.41, 5.74) is 0. The van der Waals surface area contributed by atoms with E-state index < -0.39 is 7.28 Å². The second-order valence-corrected chi connectivity index (χ2v) is 6.71. The van der Waals surface area contributed by atoms with Gasteiger partial charge >= 0.3 is 94.2 Å². The fourth-order valence-electron chi connectivity index (χ4n) is 1.04. The largest absolute Gasteiger partial charge is 3.00 e. The van der Waals surface area contributed by atoms with Gasteiger partial charge in [0.25, 0.3) is 0 Å². The molecule has 0 atom stereocenters. The molecule has 0 aromatic carbocycles. The van der Waals surface area contributed by atoms with Gasteiger partial charge in [-0.2, -0.15) is 0 Å². The molecule has 0 aliphatic heterocycles. The van der Waals surface area contributed by atoms with E-state index in [0.29, 0.717) is 12.8 Å². The molecule has 13 heavy (non-hydrogen) atoms. The SMILES string of the molecule is CCCCP([O-])([O-])([O-])CCCC.[Pd+3].